The zero-order valence-electron chi connectivity index (χ0n) is 19.7. The predicted molar refractivity (Wildman–Crippen MR) is 124 cm³/mol. The third-order valence-electron chi connectivity index (χ3n) is 5.79. The van der Waals surface area contributed by atoms with Crippen LogP contribution in [0.4, 0.5) is 0 Å². The summed E-state index contributed by atoms with van der Waals surface area (Å²) in [5.74, 6) is -1.67. The van der Waals surface area contributed by atoms with Crippen LogP contribution in [-0.2, 0) is 14.2 Å². The number of ether oxygens (including phenoxy) is 5. The van der Waals surface area contributed by atoms with Gasteiger partial charge in [0.25, 0.3) is 0 Å². The van der Waals surface area contributed by atoms with Crippen LogP contribution >= 0.6 is 0 Å². The molecule has 4 rings (SSSR count). The molecule has 7 atom stereocenters. The number of aliphatic hydroxyl groups is 4. The third-order valence-corrected chi connectivity index (χ3v) is 5.79. The highest BCUT2D eigenvalue weighted by Crippen LogP contribution is 2.42. The quantitative estimate of drug-likeness (QED) is 0.302. The highest BCUT2D eigenvalue weighted by molar-refractivity contribution is 5.31. The monoisotopic (exact) mass is 491 g/mol. The van der Waals surface area contributed by atoms with Crippen molar-refractivity contribution in [1.82, 2.24) is 5.32 Å². The van der Waals surface area contributed by atoms with Crippen LogP contribution in [0.2, 0.25) is 0 Å². The van der Waals surface area contributed by atoms with Crippen molar-refractivity contribution >= 4 is 0 Å². The van der Waals surface area contributed by atoms with E-state index in [9.17, 15) is 20.4 Å². The predicted octanol–water partition coefficient (Wildman–Crippen LogP) is 0.684. The zero-order valence-corrected chi connectivity index (χ0v) is 19.7. The maximum atomic E-state index is 11.3. The molecule has 0 radical (unpaired) electrons. The summed E-state index contributed by atoms with van der Waals surface area (Å²) in [5.41, 5.74) is 0.683. The Balaban J connectivity index is 1.43. The number of fused-ring (bicyclic) bond motifs is 2. The van der Waals surface area contributed by atoms with Crippen LogP contribution in [-0.4, -0.2) is 82.7 Å². The molecule has 2 saturated heterocycles. The van der Waals surface area contributed by atoms with Gasteiger partial charge in [0.1, 0.15) is 42.5 Å². The molecule has 2 unspecified atom stereocenters. The fourth-order valence-corrected chi connectivity index (χ4v) is 3.99. The van der Waals surface area contributed by atoms with E-state index in [1.165, 1.54) is 0 Å². The molecule has 10 nitrogen and oxygen atoms in total. The molecule has 2 fully saturated rings. The topological polar surface area (TPSA) is 139 Å². The molecule has 2 aromatic carbocycles. The summed E-state index contributed by atoms with van der Waals surface area (Å²) in [6.07, 6.45) is -6.17. The summed E-state index contributed by atoms with van der Waals surface area (Å²) < 4.78 is 28.6. The van der Waals surface area contributed by atoms with Gasteiger partial charge in [0.2, 0.25) is 0 Å². The van der Waals surface area contributed by atoms with Gasteiger partial charge >= 0.3 is 5.97 Å². The summed E-state index contributed by atoms with van der Waals surface area (Å²) in [6, 6.07) is 15.7. The van der Waals surface area contributed by atoms with Crippen molar-refractivity contribution in [2.75, 3.05) is 19.8 Å². The first-order valence-electron chi connectivity index (χ1n) is 11.7. The lowest BCUT2D eigenvalue weighted by Gasteiger charge is -2.52. The lowest BCUT2D eigenvalue weighted by Crippen LogP contribution is -2.71. The zero-order chi connectivity index (χ0) is 25.0. The van der Waals surface area contributed by atoms with E-state index in [1.807, 2.05) is 32.0 Å². The first-order chi connectivity index (χ1) is 16.8. The molecule has 5 N–H and O–H groups in total. The second-order valence-electron chi connectivity index (χ2n) is 8.96. The minimum atomic E-state index is -2.39. The van der Waals surface area contributed by atoms with Gasteiger partial charge in [-0.3, -0.25) is 0 Å². The first kappa shape index (κ1) is 25.8. The van der Waals surface area contributed by atoms with Crippen LogP contribution in [0.25, 0.3) is 0 Å². The van der Waals surface area contributed by atoms with Gasteiger partial charge in [-0.05, 0) is 24.3 Å². The summed E-state index contributed by atoms with van der Waals surface area (Å²) in [4.78, 5) is 0. The Bertz CT molecular complexity index is 926. The number of nitrogens with one attached hydrogen (secondary N) is 1. The Hall–Kier alpha value is -2.28. The van der Waals surface area contributed by atoms with Crippen molar-refractivity contribution in [3.05, 3.63) is 60.2 Å². The standard InChI is InChI=1S/C25H33NO9/c1-15(2)26-12-17(28)14-31-18-8-10-19(11-9-18)34-25(30)23-21(29)22(20(13-27)35-25)32-24(33-23)16-6-4-3-5-7-16/h3-11,15,17,20-24,26-30H,12-14H2,1-2H3/t17?,20-,21+,22-,23-,24?,25+/m1/s1. The summed E-state index contributed by atoms with van der Waals surface area (Å²) in [7, 11) is 0. The maximum absolute atomic E-state index is 11.3. The molecule has 35 heavy (non-hydrogen) atoms. The van der Waals surface area contributed by atoms with E-state index in [4.69, 9.17) is 23.7 Å². The lowest BCUT2D eigenvalue weighted by atomic mass is 9.95. The van der Waals surface area contributed by atoms with Crippen LogP contribution in [0.5, 0.6) is 11.5 Å². The second kappa shape index (κ2) is 11.2. The molecule has 0 aliphatic carbocycles. The minimum absolute atomic E-state index is 0.107. The van der Waals surface area contributed by atoms with Gasteiger partial charge in [0.15, 0.2) is 12.4 Å². The molecule has 2 heterocycles. The Labute approximate surface area is 204 Å². The summed E-state index contributed by atoms with van der Waals surface area (Å²) in [6.45, 7) is 3.99. The van der Waals surface area contributed by atoms with Crippen LogP contribution in [0, 0.1) is 0 Å². The van der Waals surface area contributed by atoms with Crippen molar-refractivity contribution in [3.8, 4) is 11.5 Å². The largest absolute Gasteiger partial charge is 0.491 e. The maximum Gasteiger partial charge on any atom is 0.355 e. The van der Waals surface area contributed by atoms with Gasteiger partial charge < -0.3 is 49.4 Å². The normalized spacial score (nSPS) is 31.2. The Kier molecular flexibility index (Phi) is 8.25. The molecule has 192 valence electrons. The van der Waals surface area contributed by atoms with E-state index in [-0.39, 0.29) is 18.4 Å². The lowest BCUT2D eigenvalue weighted by molar-refractivity contribution is -0.476. The number of hydrogen-bond acceptors (Lipinski definition) is 10. The molecule has 0 amide bonds. The third kappa shape index (κ3) is 6.11. The first-order valence-corrected chi connectivity index (χ1v) is 11.7. The van der Waals surface area contributed by atoms with Crippen LogP contribution in [0.15, 0.2) is 54.6 Å². The second-order valence-corrected chi connectivity index (χ2v) is 8.96. The molecule has 2 bridgehead atoms. The summed E-state index contributed by atoms with van der Waals surface area (Å²) in [5, 5.41) is 45.0. The molecular formula is C25H33NO9. The van der Waals surface area contributed by atoms with Crippen molar-refractivity contribution in [1.29, 1.82) is 0 Å². The number of benzene rings is 2. The average Bonchev–Trinajstić information content (AvgIpc) is 2.85. The van der Waals surface area contributed by atoms with E-state index < -0.39 is 49.4 Å². The van der Waals surface area contributed by atoms with Gasteiger partial charge in [-0.25, -0.2) is 0 Å². The molecule has 10 heteroatoms. The smallest absolute Gasteiger partial charge is 0.355 e. The molecular weight excluding hydrogens is 458 g/mol. The molecule has 0 aromatic heterocycles. The molecule has 0 saturated carbocycles. The van der Waals surface area contributed by atoms with Crippen molar-refractivity contribution in [3.63, 3.8) is 0 Å². The van der Waals surface area contributed by atoms with Crippen LogP contribution in [0.1, 0.15) is 25.7 Å². The Morgan fingerprint density at radius 1 is 1.03 bits per heavy atom. The fraction of sp³-hybridized carbons (Fsp3) is 0.520. The summed E-state index contributed by atoms with van der Waals surface area (Å²) >= 11 is 0. The fourth-order valence-electron chi connectivity index (χ4n) is 3.99. The van der Waals surface area contributed by atoms with Crippen LogP contribution < -0.4 is 14.8 Å². The highest BCUT2D eigenvalue weighted by atomic mass is 16.9. The van der Waals surface area contributed by atoms with Crippen LogP contribution in [0.3, 0.4) is 0 Å². The van der Waals surface area contributed by atoms with Gasteiger partial charge in [0, 0.05) is 18.2 Å². The van der Waals surface area contributed by atoms with E-state index in [2.05, 4.69) is 5.32 Å². The van der Waals surface area contributed by atoms with Gasteiger partial charge in [-0.2, -0.15) is 0 Å². The number of hydrogen-bond donors (Lipinski definition) is 5. The number of aliphatic hydroxyl groups excluding tert-OH is 3. The molecule has 2 aromatic rings. The van der Waals surface area contributed by atoms with Gasteiger partial charge in [-0.15, -0.1) is 0 Å². The Morgan fingerprint density at radius 2 is 1.71 bits per heavy atom. The minimum Gasteiger partial charge on any atom is -0.491 e. The molecule has 0 spiro atoms. The van der Waals surface area contributed by atoms with Crippen molar-refractivity contribution < 1.29 is 44.1 Å². The van der Waals surface area contributed by atoms with E-state index in [0.717, 1.165) is 0 Å². The van der Waals surface area contributed by atoms with Gasteiger partial charge in [-0.1, -0.05) is 44.2 Å². The van der Waals surface area contributed by atoms with E-state index >= 15 is 0 Å². The van der Waals surface area contributed by atoms with E-state index in [0.29, 0.717) is 17.9 Å². The van der Waals surface area contributed by atoms with Crippen molar-refractivity contribution in [2.45, 2.75) is 62.7 Å². The molecule has 2 aliphatic heterocycles. The highest BCUT2D eigenvalue weighted by Gasteiger charge is 2.61. The SMILES string of the molecule is CC(C)NCC(O)COc1ccc(O[C@]2(O)O[C@H](CO)[C@H]3OC(c4ccccc4)O[C@@H]2[C@H]3O)cc1. The van der Waals surface area contributed by atoms with Crippen molar-refractivity contribution in [2.24, 2.45) is 0 Å². The molecule has 2 aliphatic rings. The van der Waals surface area contributed by atoms with E-state index in [1.54, 1.807) is 36.4 Å². The Morgan fingerprint density at radius 3 is 2.37 bits per heavy atom. The average molecular weight is 492 g/mol. The van der Waals surface area contributed by atoms with Gasteiger partial charge in [0.05, 0.1) is 6.61 Å². The number of rotatable bonds is 10.